The largest absolute Gasteiger partial charge is 0.465 e. The van der Waals surface area contributed by atoms with Crippen LogP contribution in [0.4, 0.5) is 18.0 Å². The number of carboxylic acid groups (broad SMARTS) is 1. The summed E-state index contributed by atoms with van der Waals surface area (Å²) >= 11 is 1.22. The summed E-state index contributed by atoms with van der Waals surface area (Å²) in [7, 11) is -2.63. The lowest BCUT2D eigenvalue weighted by Gasteiger charge is -2.18. The van der Waals surface area contributed by atoms with Gasteiger partial charge in [0.1, 0.15) is 10.5 Å². The van der Waals surface area contributed by atoms with Crippen LogP contribution in [-0.2, 0) is 20.8 Å². The summed E-state index contributed by atoms with van der Waals surface area (Å²) in [6.45, 7) is 1.75. The van der Waals surface area contributed by atoms with Crippen LogP contribution in [0.15, 0.2) is 28.5 Å². The number of nitrogens with zero attached hydrogens (tertiary/aromatic N) is 2. The Morgan fingerprint density at radius 3 is 2.46 bits per heavy atom. The van der Waals surface area contributed by atoms with E-state index in [2.05, 4.69) is 10.3 Å². The van der Waals surface area contributed by atoms with E-state index in [0.29, 0.717) is 36.4 Å². The van der Waals surface area contributed by atoms with Crippen molar-refractivity contribution >= 4 is 27.3 Å². The quantitative estimate of drug-likeness (QED) is 0.568. The van der Waals surface area contributed by atoms with Crippen molar-refractivity contribution in [3.05, 3.63) is 34.8 Å². The van der Waals surface area contributed by atoms with E-state index in [-0.39, 0.29) is 18.1 Å². The molecule has 0 aliphatic heterocycles. The van der Waals surface area contributed by atoms with Crippen molar-refractivity contribution in [2.75, 3.05) is 7.11 Å². The van der Waals surface area contributed by atoms with Gasteiger partial charge in [-0.25, -0.2) is 18.2 Å². The van der Waals surface area contributed by atoms with Gasteiger partial charge in [0.2, 0.25) is 0 Å². The molecule has 1 heterocycles. The Kier molecular flexibility index (Phi) is 7.78. The Balaban J connectivity index is 0.000000320. The molecule has 2 saturated carbocycles. The fourth-order valence-corrected chi connectivity index (χ4v) is 6.60. The number of alkyl halides is 3. The second-order valence-electron chi connectivity index (χ2n) is 8.46. The van der Waals surface area contributed by atoms with E-state index in [1.165, 1.54) is 24.5 Å². The van der Waals surface area contributed by atoms with Gasteiger partial charge >= 0.3 is 12.3 Å². The van der Waals surface area contributed by atoms with Crippen LogP contribution in [0.25, 0.3) is 10.6 Å². The monoisotopic (exact) mass is 531 g/mol. The number of aryl methyl sites for hydroxylation is 1. The SMILES string of the molecule is CO[C@@H]1CC[C@@H](S(=O)(=O)c2ccc(-c3nc(C)cs3)cc2C(F)(F)F)C1.N#CC1(NC(=O)O)CC1. The average Bonchev–Trinajstić information content (AvgIpc) is 3.18. The lowest BCUT2D eigenvalue weighted by molar-refractivity contribution is -0.139. The van der Waals surface area contributed by atoms with Crippen molar-refractivity contribution in [1.82, 2.24) is 10.3 Å². The molecule has 2 aromatic rings. The first-order valence-corrected chi connectivity index (χ1v) is 13.1. The van der Waals surface area contributed by atoms with Gasteiger partial charge < -0.3 is 15.2 Å². The number of nitrogens with one attached hydrogen (secondary N) is 1. The van der Waals surface area contributed by atoms with E-state index in [4.69, 9.17) is 15.1 Å². The maximum Gasteiger partial charge on any atom is 0.417 e. The summed E-state index contributed by atoms with van der Waals surface area (Å²) in [6.07, 6.45) is -3.79. The molecule has 2 aliphatic rings. The number of nitriles is 1. The van der Waals surface area contributed by atoms with Gasteiger partial charge in [-0.15, -0.1) is 11.3 Å². The molecule has 0 radical (unpaired) electrons. The molecule has 2 atom stereocenters. The second kappa shape index (κ2) is 10.1. The van der Waals surface area contributed by atoms with Crippen LogP contribution in [0, 0.1) is 18.3 Å². The number of benzene rings is 1. The van der Waals surface area contributed by atoms with E-state index in [9.17, 15) is 26.4 Å². The molecule has 13 heteroatoms. The molecule has 0 bridgehead atoms. The van der Waals surface area contributed by atoms with Gasteiger partial charge in [0.05, 0.1) is 27.9 Å². The number of thiazole rings is 1. The van der Waals surface area contributed by atoms with Crippen molar-refractivity contribution in [2.45, 2.75) is 67.0 Å². The van der Waals surface area contributed by atoms with E-state index in [0.717, 1.165) is 12.1 Å². The van der Waals surface area contributed by atoms with Crippen LogP contribution >= 0.6 is 11.3 Å². The van der Waals surface area contributed by atoms with E-state index >= 15 is 0 Å². The first-order valence-electron chi connectivity index (χ1n) is 10.6. The first-order chi connectivity index (χ1) is 16.3. The maximum atomic E-state index is 13.6. The number of amides is 1. The summed E-state index contributed by atoms with van der Waals surface area (Å²) < 4.78 is 71.7. The molecule has 1 aromatic carbocycles. The van der Waals surface area contributed by atoms with Gasteiger partial charge in [0, 0.05) is 23.7 Å². The van der Waals surface area contributed by atoms with Crippen molar-refractivity contribution in [3.63, 3.8) is 0 Å². The molecule has 1 aromatic heterocycles. The number of ether oxygens (including phenoxy) is 1. The third-order valence-electron chi connectivity index (χ3n) is 5.88. The lowest BCUT2D eigenvalue weighted by atomic mass is 10.1. The highest BCUT2D eigenvalue weighted by Gasteiger charge is 2.45. The van der Waals surface area contributed by atoms with E-state index < -0.39 is 43.4 Å². The summed E-state index contributed by atoms with van der Waals surface area (Å²) in [5.41, 5.74) is -0.905. The maximum absolute atomic E-state index is 13.6. The van der Waals surface area contributed by atoms with Crippen LogP contribution in [0.5, 0.6) is 0 Å². The molecular weight excluding hydrogens is 507 g/mol. The Morgan fingerprint density at radius 2 is 2.03 bits per heavy atom. The molecule has 2 aliphatic carbocycles. The van der Waals surface area contributed by atoms with Crippen molar-refractivity contribution in [3.8, 4) is 16.6 Å². The van der Waals surface area contributed by atoms with Crippen LogP contribution in [-0.4, -0.2) is 48.6 Å². The Labute approximate surface area is 204 Å². The van der Waals surface area contributed by atoms with Gasteiger partial charge in [0.25, 0.3) is 0 Å². The molecule has 35 heavy (non-hydrogen) atoms. The topological polar surface area (TPSA) is 129 Å². The van der Waals surface area contributed by atoms with Gasteiger partial charge in [-0.05, 0) is 51.2 Å². The summed E-state index contributed by atoms with van der Waals surface area (Å²) in [5.74, 6) is 0. The molecule has 2 fully saturated rings. The zero-order valence-corrected chi connectivity index (χ0v) is 20.6. The standard InChI is InChI=1S/C17H18F3NO3S2.C5H6N2O2/c1-10-9-25-16(21-10)11-3-6-15(14(7-11)17(18,19)20)26(22,23)13-5-4-12(8-13)24-2;6-3-5(1-2-5)7-4(8)9/h3,6-7,9,12-13H,4-5,8H2,1-2H3;7H,1-2H2,(H,8,9)/t12-,13-;/m1./s1. The number of rotatable bonds is 5. The minimum atomic E-state index is -4.77. The Morgan fingerprint density at radius 1 is 1.34 bits per heavy atom. The molecule has 0 unspecified atom stereocenters. The predicted octanol–water partition coefficient (Wildman–Crippen LogP) is 4.79. The zero-order chi connectivity index (χ0) is 26.0. The van der Waals surface area contributed by atoms with Crippen LogP contribution in [0.3, 0.4) is 0 Å². The number of methoxy groups -OCH3 is 1. The minimum Gasteiger partial charge on any atom is -0.465 e. The molecule has 0 saturated heterocycles. The van der Waals surface area contributed by atoms with Gasteiger partial charge in [-0.2, -0.15) is 18.4 Å². The Bertz CT molecular complexity index is 1230. The third kappa shape index (κ3) is 6.31. The van der Waals surface area contributed by atoms with Crippen LogP contribution in [0.1, 0.15) is 43.4 Å². The molecule has 1 amide bonds. The lowest BCUT2D eigenvalue weighted by Crippen LogP contribution is -2.33. The van der Waals surface area contributed by atoms with Gasteiger partial charge in [-0.1, -0.05) is 6.07 Å². The molecular formula is C22H24F3N3O5S2. The summed E-state index contributed by atoms with van der Waals surface area (Å²) in [5, 5.41) is 19.9. The molecule has 4 rings (SSSR count). The molecule has 2 N–H and O–H groups in total. The average molecular weight is 532 g/mol. The van der Waals surface area contributed by atoms with Crippen molar-refractivity contribution in [1.29, 1.82) is 5.26 Å². The molecule has 190 valence electrons. The van der Waals surface area contributed by atoms with Crippen molar-refractivity contribution < 1.29 is 36.2 Å². The Hall–Kier alpha value is -2.69. The van der Waals surface area contributed by atoms with Gasteiger partial charge in [-0.3, -0.25) is 0 Å². The molecule has 0 spiro atoms. The normalized spacial score (nSPS) is 20.9. The zero-order valence-electron chi connectivity index (χ0n) is 18.9. The smallest absolute Gasteiger partial charge is 0.417 e. The highest BCUT2D eigenvalue weighted by molar-refractivity contribution is 7.92. The number of sulfone groups is 1. The van der Waals surface area contributed by atoms with Crippen molar-refractivity contribution in [2.24, 2.45) is 0 Å². The van der Waals surface area contributed by atoms with E-state index in [1.807, 2.05) is 6.07 Å². The number of halogens is 3. The predicted molar refractivity (Wildman–Crippen MR) is 122 cm³/mol. The van der Waals surface area contributed by atoms with Crippen LogP contribution in [0.2, 0.25) is 0 Å². The number of carbonyl (C=O) groups is 1. The number of hydrogen-bond donors (Lipinski definition) is 2. The first kappa shape index (κ1) is 26.9. The fraction of sp³-hybridized carbons (Fsp3) is 0.500. The highest BCUT2D eigenvalue weighted by Crippen LogP contribution is 2.41. The summed E-state index contributed by atoms with van der Waals surface area (Å²) in [4.78, 5) is 13.5. The van der Waals surface area contributed by atoms with Gasteiger partial charge in [0.15, 0.2) is 9.84 Å². The third-order valence-corrected chi connectivity index (χ3v) is 9.16. The fourth-order valence-electron chi connectivity index (χ4n) is 3.79. The van der Waals surface area contributed by atoms with E-state index in [1.54, 1.807) is 12.3 Å². The minimum absolute atomic E-state index is 0.212. The number of hydrogen-bond acceptors (Lipinski definition) is 7. The highest BCUT2D eigenvalue weighted by atomic mass is 32.2. The summed E-state index contributed by atoms with van der Waals surface area (Å²) in [6, 6.07) is 5.23. The second-order valence-corrected chi connectivity index (χ2v) is 11.5. The molecule has 8 nitrogen and oxygen atoms in total. The van der Waals surface area contributed by atoms with Crippen LogP contribution < -0.4 is 5.32 Å². The number of aromatic nitrogens is 1.